The maximum atomic E-state index is 13.6. The summed E-state index contributed by atoms with van der Waals surface area (Å²) in [6.45, 7) is 3.63. The van der Waals surface area contributed by atoms with Gasteiger partial charge in [0.25, 0.3) is 0 Å². The number of nitrogens with zero attached hydrogens (tertiary/aromatic N) is 3. The zero-order valence-electron chi connectivity index (χ0n) is 20.4. The van der Waals surface area contributed by atoms with Crippen LogP contribution in [0.4, 0.5) is 10.1 Å². The Balaban J connectivity index is 2.40. The summed E-state index contributed by atoms with van der Waals surface area (Å²) in [6, 6.07) is 11.3. The maximum absolute atomic E-state index is 13.6. The molecule has 0 aliphatic rings. The minimum Gasteiger partial charge on any atom is -0.354 e. The van der Waals surface area contributed by atoms with Crippen molar-refractivity contribution in [2.24, 2.45) is 0 Å². The van der Waals surface area contributed by atoms with Gasteiger partial charge in [0.1, 0.15) is 18.4 Å². The number of carbonyl (C=O) groups is 2. The minimum absolute atomic E-state index is 0.0971. The van der Waals surface area contributed by atoms with Crippen molar-refractivity contribution in [3.8, 4) is 0 Å². The number of amides is 2. The Kier molecular flexibility index (Phi) is 10.7. The molecule has 192 valence electrons. The van der Waals surface area contributed by atoms with Crippen molar-refractivity contribution in [2.45, 2.75) is 39.3 Å². The number of hydrogen-bond donors (Lipinski definition) is 1. The van der Waals surface area contributed by atoms with Crippen LogP contribution in [0.3, 0.4) is 0 Å². The molecule has 2 rings (SSSR count). The van der Waals surface area contributed by atoms with Crippen molar-refractivity contribution in [1.82, 2.24) is 14.5 Å². The van der Waals surface area contributed by atoms with E-state index in [-0.39, 0.29) is 18.1 Å². The molecule has 11 heteroatoms. The van der Waals surface area contributed by atoms with Gasteiger partial charge < -0.3 is 10.2 Å². The van der Waals surface area contributed by atoms with Crippen LogP contribution in [0.2, 0.25) is 0 Å². The fraction of sp³-hybridized carbons (Fsp3) is 0.417. The number of halogens is 2. The van der Waals surface area contributed by atoms with E-state index < -0.39 is 34.5 Å². The molecular formula is C24H32BrFN4O4S. The quantitative estimate of drug-likeness (QED) is 0.395. The van der Waals surface area contributed by atoms with Crippen LogP contribution < -0.4 is 9.62 Å². The molecule has 0 radical (unpaired) electrons. The Morgan fingerprint density at radius 2 is 1.77 bits per heavy atom. The zero-order valence-corrected chi connectivity index (χ0v) is 22.8. The first-order chi connectivity index (χ1) is 16.5. The van der Waals surface area contributed by atoms with Crippen LogP contribution in [-0.2, 0) is 26.3 Å². The van der Waals surface area contributed by atoms with Crippen LogP contribution in [-0.4, -0.2) is 62.7 Å². The van der Waals surface area contributed by atoms with E-state index in [0.717, 1.165) is 43.6 Å². The monoisotopic (exact) mass is 570 g/mol. The number of unbranched alkanes of at least 4 members (excludes halogenated alkanes) is 1. The number of rotatable bonds is 12. The van der Waals surface area contributed by atoms with E-state index >= 15 is 0 Å². The van der Waals surface area contributed by atoms with Gasteiger partial charge in [-0.05, 0) is 55.3 Å². The first kappa shape index (κ1) is 28.7. The molecule has 0 aromatic heterocycles. The van der Waals surface area contributed by atoms with Gasteiger partial charge in [-0.1, -0.05) is 41.4 Å². The van der Waals surface area contributed by atoms with Crippen LogP contribution in [0.15, 0.2) is 53.0 Å². The summed E-state index contributed by atoms with van der Waals surface area (Å²) in [5.74, 6) is -1.43. The Hall–Kier alpha value is -2.50. The van der Waals surface area contributed by atoms with Gasteiger partial charge in [0.15, 0.2) is 0 Å². The molecule has 0 heterocycles. The molecule has 0 aliphatic carbocycles. The van der Waals surface area contributed by atoms with Crippen LogP contribution in [0, 0.1) is 5.82 Å². The minimum atomic E-state index is -4.09. The molecule has 1 N–H and O–H groups in total. The molecule has 35 heavy (non-hydrogen) atoms. The van der Waals surface area contributed by atoms with Gasteiger partial charge in [-0.15, -0.1) is 0 Å². The Morgan fingerprint density at radius 1 is 1.11 bits per heavy atom. The highest BCUT2D eigenvalue weighted by atomic mass is 79.9. The van der Waals surface area contributed by atoms with Crippen LogP contribution in [0.1, 0.15) is 32.3 Å². The first-order valence-electron chi connectivity index (χ1n) is 11.2. The Labute approximate surface area is 215 Å². The molecular weight excluding hydrogens is 539 g/mol. The van der Waals surface area contributed by atoms with Crippen molar-refractivity contribution < 1.29 is 22.4 Å². The molecule has 0 unspecified atom stereocenters. The summed E-state index contributed by atoms with van der Waals surface area (Å²) in [4.78, 5) is 27.7. The molecule has 0 fully saturated rings. The third kappa shape index (κ3) is 8.01. The molecule has 0 spiro atoms. The SMILES string of the molecule is CCCCNC(=O)[C@@H](C)N(Cc1cccc(Br)c1)C(=O)CN(c1ccc(F)cc1)S(=O)(=O)N(C)C. The lowest BCUT2D eigenvalue weighted by molar-refractivity contribution is -0.139. The number of benzene rings is 2. The van der Waals surface area contributed by atoms with E-state index in [1.54, 1.807) is 6.92 Å². The molecule has 2 aromatic carbocycles. The summed E-state index contributed by atoms with van der Waals surface area (Å²) in [5, 5.41) is 2.83. The van der Waals surface area contributed by atoms with Gasteiger partial charge in [0.05, 0.1) is 5.69 Å². The molecule has 0 aliphatic heterocycles. The standard InChI is InChI=1S/C24H32BrFN4O4S/c1-5-6-14-27-24(32)18(2)29(16-19-8-7-9-20(25)15-19)23(31)17-30(35(33,34)28(3)4)22-12-10-21(26)11-13-22/h7-13,15,18H,5-6,14,16-17H2,1-4H3,(H,27,32)/t18-/m1/s1. The zero-order chi connectivity index (χ0) is 26.2. The topological polar surface area (TPSA) is 90.0 Å². The summed E-state index contributed by atoms with van der Waals surface area (Å²) >= 11 is 3.41. The van der Waals surface area contributed by atoms with Gasteiger partial charge in [-0.25, -0.2) is 8.70 Å². The Morgan fingerprint density at radius 3 is 2.34 bits per heavy atom. The van der Waals surface area contributed by atoms with Gasteiger partial charge in [-0.2, -0.15) is 12.7 Å². The highest BCUT2D eigenvalue weighted by Gasteiger charge is 2.32. The van der Waals surface area contributed by atoms with Crippen molar-refractivity contribution in [2.75, 3.05) is 31.5 Å². The lowest BCUT2D eigenvalue weighted by atomic mass is 10.1. The van der Waals surface area contributed by atoms with Crippen molar-refractivity contribution in [3.63, 3.8) is 0 Å². The second-order valence-corrected chi connectivity index (χ2v) is 11.2. The molecule has 2 aromatic rings. The van der Waals surface area contributed by atoms with Crippen LogP contribution >= 0.6 is 15.9 Å². The van der Waals surface area contributed by atoms with E-state index in [2.05, 4.69) is 21.2 Å². The largest absolute Gasteiger partial charge is 0.354 e. The maximum Gasteiger partial charge on any atom is 0.304 e. The van der Waals surface area contributed by atoms with E-state index in [9.17, 15) is 22.4 Å². The number of hydrogen-bond acceptors (Lipinski definition) is 4. The summed E-state index contributed by atoms with van der Waals surface area (Å²) in [7, 11) is -1.39. The predicted octanol–water partition coefficient (Wildman–Crippen LogP) is 3.53. The number of anilines is 1. The fourth-order valence-corrected chi connectivity index (χ4v) is 4.78. The predicted molar refractivity (Wildman–Crippen MR) is 138 cm³/mol. The molecule has 1 atom stereocenters. The molecule has 0 saturated carbocycles. The van der Waals surface area contributed by atoms with E-state index in [4.69, 9.17) is 0 Å². The smallest absolute Gasteiger partial charge is 0.304 e. The fourth-order valence-electron chi connectivity index (χ4n) is 3.27. The molecule has 2 amide bonds. The Bertz CT molecular complexity index is 1110. The van der Waals surface area contributed by atoms with Crippen molar-refractivity contribution >= 4 is 43.6 Å². The van der Waals surface area contributed by atoms with Gasteiger partial charge in [0, 0.05) is 31.7 Å². The average molecular weight is 572 g/mol. The van der Waals surface area contributed by atoms with Crippen molar-refractivity contribution in [1.29, 1.82) is 0 Å². The van der Waals surface area contributed by atoms with Crippen LogP contribution in [0.25, 0.3) is 0 Å². The highest BCUT2D eigenvalue weighted by Crippen LogP contribution is 2.22. The summed E-state index contributed by atoms with van der Waals surface area (Å²) < 4.78 is 42.3. The van der Waals surface area contributed by atoms with E-state index in [1.165, 1.54) is 31.1 Å². The molecule has 0 bridgehead atoms. The van der Waals surface area contributed by atoms with Gasteiger partial charge >= 0.3 is 10.2 Å². The van der Waals surface area contributed by atoms with Gasteiger partial charge in [0.2, 0.25) is 11.8 Å². The third-order valence-corrected chi connectivity index (χ3v) is 7.69. The van der Waals surface area contributed by atoms with E-state index in [1.807, 2.05) is 31.2 Å². The van der Waals surface area contributed by atoms with Crippen LogP contribution in [0.5, 0.6) is 0 Å². The second kappa shape index (κ2) is 13.0. The average Bonchev–Trinajstić information content (AvgIpc) is 2.81. The molecule has 8 nitrogen and oxygen atoms in total. The third-order valence-electron chi connectivity index (χ3n) is 5.37. The van der Waals surface area contributed by atoms with Gasteiger partial charge in [-0.3, -0.25) is 9.59 Å². The summed E-state index contributed by atoms with van der Waals surface area (Å²) in [6.07, 6.45) is 1.71. The summed E-state index contributed by atoms with van der Waals surface area (Å²) in [5.41, 5.74) is 0.903. The normalized spacial score (nSPS) is 12.3. The number of nitrogens with one attached hydrogen (secondary N) is 1. The highest BCUT2D eigenvalue weighted by molar-refractivity contribution is 9.10. The second-order valence-electron chi connectivity index (χ2n) is 8.25. The van der Waals surface area contributed by atoms with Crippen molar-refractivity contribution in [3.05, 3.63) is 64.4 Å². The van der Waals surface area contributed by atoms with E-state index in [0.29, 0.717) is 6.54 Å². The lowest BCUT2D eigenvalue weighted by Gasteiger charge is -2.32. The first-order valence-corrected chi connectivity index (χ1v) is 13.4. The number of carbonyl (C=O) groups excluding carboxylic acids is 2. The lowest BCUT2D eigenvalue weighted by Crippen LogP contribution is -2.52. The molecule has 0 saturated heterocycles.